The smallest absolute Gasteiger partial charge is 0.0121 e. The van der Waals surface area contributed by atoms with Gasteiger partial charge in [-0.1, -0.05) is 25.8 Å². The van der Waals surface area contributed by atoms with E-state index in [1.807, 2.05) is 6.08 Å². The molecule has 1 heteroatoms. The number of rotatable bonds is 5. The maximum Gasteiger partial charge on any atom is 0.0121 e. The third-order valence-corrected chi connectivity index (χ3v) is 3.59. The molecule has 0 aromatic heterocycles. The van der Waals surface area contributed by atoms with Crippen molar-refractivity contribution < 1.29 is 0 Å². The molecule has 1 rings (SSSR count). The molecule has 0 saturated heterocycles. The molecule has 1 atom stereocenters. The summed E-state index contributed by atoms with van der Waals surface area (Å²) in [6, 6.07) is 0.688. The molecule has 0 spiro atoms. The molecular formula is C12H23N. The standard InChI is InChI=1S/C12H23N/c1-4-5-8-11(13-3)12(2)9-6-7-10-12/h4,11,13H,1,5-10H2,2-3H3. The van der Waals surface area contributed by atoms with Gasteiger partial charge in [-0.2, -0.15) is 0 Å². The van der Waals surface area contributed by atoms with Crippen molar-refractivity contribution in [3.8, 4) is 0 Å². The highest BCUT2D eigenvalue weighted by atomic mass is 14.9. The van der Waals surface area contributed by atoms with Crippen LogP contribution in [0.4, 0.5) is 0 Å². The average Bonchev–Trinajstić information content (AvgIpc) is 2.54. The van der Waals surface area contributed by atoms with Gasteiger partial charge in [-0.15, -0.1) is 6.58 Å². The van der Waals surface area contributed by atoms with Crippen molar-refractivity contribution in [3.63, 3.8) is 0 Å². The lowest BCUT2D eigenvalue weighted by Crippen LogP contribution is -2.40. The Labute approximate surface area is 82.6 Å². The Balaban J connectivity index is 2.47. The van der Waals surface area contributed by atoms with Crippen LogP contribution >= 0.6 is 0 Å². The van der Waals surface area contributed by atoms with Crippen molar-refractivity contribution in [3.05, 3.63) is 12.7 Å². The van der Waals surface area contributed by atoms with Gasteiger partial charge >= 0.3 is 0 Å². The van der Waals surface area contributed by atoms with Crippen LogP contribution in [0.5, 0.6) is 0 Å². The molecule has 1 N–H and O–H groups in total. The Bertz CT molecular complexity index is 157. The Morgan fingerprint density at radius 3 is 2.54 bits per heavy atom. The molecule has 1 fully saturated rings. The van der Waals surface area contributed by atoms with E-state index in [2.05, 4.69) is 25.9 Å². The van der Waals surface area contributed by atoms with Gasteiger partial charge in [0.15, 0.2) is 0 Å². The molecule has 0 aromatic rings. The predicted octanol–water partition coefficient (Wildman–Crippen LogP) is 3.12. The number of hydrogen-bond donors (Lipinski definition) is 1. The van der Waals surface area contributed by atoms with Crippen LogP contribution in [0.2, 0.25) is 0 Å². The molecule has 1 aliphatic rings. The van der Waals surface area contributed by atoms with Gasteiger partial charge < -0.3 is 5.32 Å². The predicted molar refractivity (Wildman–Crippen MR) is 58.9 cm³/mol. The highest BCUT2D eigenvalue weighted by molar-refractivity contribution is 4.91. The average molecular weight is 181 g/mol. The molecule has 1 unspecified atom stereocenters. The fourth-order valence-corrected chi connectivity index (χ4v) is 2.66. The van der Waals surface area contributed by atoms with Crippen LogP contribution in [0.1, 0.15) is 45.4 Å². The second kappa shape index (κ2) is 4.80. The van der Waals surface area contributed by atoms with E-state index >= 15 is 0 Å². The van der Waals surface area contributed by atoms with Crippen molar-refractivity contribution in [1.29, 1.82) is 0 Å². The van der Waals surface area contributed by atoms with E-state index in [0.29, 0.717) is 11.5 Å². The molecule has 1 saturated carbocycles. The molecule has 0 aromatic carbocycles. The van der Waals surface area contributed by atoms with Crippen LogP contribution in [0.15, 0.2) is 12.7 Å². The Hall–Kier alpha value is -0.300. The summed E-state index contributed by atoms with van der Waals surface area (Å²) in [5, 5.41) is 3.47. The van der Waals surface area contributed by atoms with Crippen LogP contribution in [0.3, 0.4) is 0 Å². The fourth-order valence-electron chi connectivity index (χ4n) is 2.66. The van der Waals surface area contributed by atoms with Gasteiger partial charge in [0.05, 0.1) is 0 Å². The van der Waals surface area contributed by atoms with Crippen LogP contribution in [0.25, 0.3) is 0 Å². The maximum atomic E-state index is 3.79. The summed E-state index contributed by atoms with van der Waals surface area (Å²) in [5.41, 5.74) is 0.553. The van der Waals surface area contributed by atoms with E-state index in [1.54, 1.807) is 0 Å². The maximum absolute atomic E-state index is 3.79. The summed E-state index contributed by atoms with van der Waals surface area (Å²) in [7, 11) is 2.09. The van der Waals surface area contributed by atoms with Gasteiger partial charge in [0.1, 0.15) is 0 Å². The minimum absolute atomic E-state index is 0.553. The van der Waals surface area contributed by atoms with Crippen molar-refractivity contribution in [1.82, 2.24) is 5.32 Å². The van der Waals surface area contributed by atoms with Gasteiger partial charge in [0.25, 0.3) is 0 Å². The van der Waals surface area contributed by atoms with Gasteiger partial charge in [-0.05, 0) is 38.1 Å². The van der Waals surface area contributed by atoms with Crippen LogP contribution < -0.4 is 5.32 Å². The summed E-state index contributed by atoms with van der Waals surface area (Å²) in [6.45, 7) is 6.22. The third kappa shape index (κ3) is 2.57. The monoisotopic (exact) mass is 181 g/mol. The van der Waals surface area contributed by atoms with E-state index in [1.165, 1.54) is 32.1 Å². The summed E-state index contributed by atoms with van der Waals surface area (Å²) in [6.07, 6.45) is 10.1. The van der Waals surface area contributed by atoms with Gasteiger partial charge in [0.2, 0.25) is 0 Å². The molecule has 1 aliphatic carbocycles. The first-order chi connectivity index (χ1) is 6.23. The molecule has 0 aliphatic heterocycles. The van der Waals surface area contributed by atoms with Crippen molar-refractivity contribution in [2.45, 2.75) is 51.5 Å². The zero-order valence-corrected chi connectivity index (χ0v) is 9.10. The van der Waals surface area contributed by atoms with Crippen LogP contribution in [-0.4, -0.2) is 13.1 Å². The summed E-state index contributed by atoms with van der Waals surface area (Å²) < 4.78 is 0. The summed E-state index contributed by atoms with van der Waals surface area (Å²) in [5.74, 6) is 0. The third-order valence-electron chi connectivity index (χ3n) is 3.59. The minimum Gasteiger partial charge on any atom is -0.316 e. The second-order valence-corrected chi connectivity index (χ2v) is 4.57. The quantitative estimate of drug-likeness (QED) is 0.643. The zero-order chi connectivity index (χ0) is 9.73. The molecule has 1 nitrogen and oxygen atoms in total. The SMILES string of the molecule is C=CCCC(NC)C1(C)CCCC1. The molecule has 76 valence electrons. The first kappa shape index (κ1) is 10.8. The molecule has 0 radical (unpaired) electrons. The Morgan fingerprint density at radius 2 is 2.08 bits per heavy atom. The Morgan fingerprint density at radius 1 is 1.46 bits per heavy atom. The lowest BCUT2D eigenvalue weighted by atomic mass is 9.78. The van der Waals surface area contributed by atoms with Gasteiger partial charge in [-0.3, -0.25) is 0 Å². The van der Waals surface area contributed by atoms with Crippen molar-refractivity contribution >= 4 is 0 Å². The first-order valence-corrected chi connectivity index (χ1v) is 5.51. The molecule has 0 bridgehead atoms. The van der Waals surface area contributed by atoms with E-state index in [4.69, 9.17) is 0 Å². The van der Waals surface area contributed by atoms with Gasteiger partial charge in [-0.25, -0.2) is 0 Å². The van der Waals surface area contributed by atoms with Gasteiger partial charge in [0, 0.05) is 6.04 Å². The van der Waals surface area contributed by atoms with Crippen LogP contribution in [-0.2, 0) is 0 Å². The van der Waals surface area contributed by atoms with Crippen LogP contribution in [0, 0.1) is 5.41 Å². The number of allylic oxidation sites excluding steroid dienone is 1. The fraction of sp³-hybridized carbons (Fsp3) is 0.833. The molecule has 0 heterocycles. The highest BCUT2D eigenvalue weighted by Gasteiger charge is 2.35. The number of hydrogen-bond acceptors (Lipinski definition) is 1. The van der Waals surface area contributed by atoms with E-state index in [-0.39, 0.29) is 0 Å². The van der Waals surface area contributed by atoms with E-state index in [0.717, 1.165) is 6.42 Å². The molecule has 13 heavy (non-hydrogen) atoms. The number of nitrogens with one attached hydrogen (secondary N) is 1. The Kier molecular flexibility index (Phi) is 3.98. The first-order valence-electron chi connectivity index (χ1n) is 5.51. The summed E-state index contributed by atoms with van der Waals surface area (Å²) in [4.78, 5) is 0. The largest absolute Gasteiger partial charge is 0.316 e. The lowest BCUT2D eigenvalue weighted by Gasteiger charge is -2.33. The van der Waals surface area contributed by atoms with E-state index < -0.39 is 0 Å². The molecular weight excluding hydrogens is 158 g/mol. The minimum atomic E-state index is 0.553. The van der Waals surface area contributed by atoms with Crippen molar-refractivity contribution in [2.24, 2.45) is 5.41 Å². The molecule has 0 amide bonds. The zero-order valence-electron chi connectivity index (χ0n) is 9.10. The highest BCUT2D eigenvalue weighted by Crippen LogP contribution is 2.41. The normalized spacial score (nSPS) is 22.9. The topological polar surface area (TPSA) is 12.0 Å². The lowest BCUT2D eigenvalue weighted by molar-refractivity contribution is 0.221. The summed E-state index contributed by atoms with van der Waals surface area (Å²) >= 11 is 0. The van der Waals surface area contributed by atoms with Crippen molar-refractivity contribution in [2.75, 3.05) is 7.05 Å². The second-order valence-electron chi connectivity index (χ2n) is 4.57. The van der Waals surface area contributed by atoms with E-state index in [9.17, 15) is 0 Å².